The maximum atomic E-state index is 5.37. The molecule has 7 heteroatoms. The number of rotatable bonds is 3. The molecule has 0 saturated heterocycles. The maximum Gasteiger partial charge on any atom is 0.239 e. The lowest BCUT2D eigenvalue weighted by molar-refractivity contribution is 0.596. The summed E-state index contributed by atoms with van der Waals surface area (Å²) in [6.07, 6.45) is 3.99. The van der Waals surface area contributed by atoms with Crippen molar-refractivity contribution >= 4 is 5.95 Å². The van der Waals surface area contributed by atoms with Crippen LogP contribution in [0.5, 0.6) is 0 Å². The number of aromatic nitrogens is 6. The Labute approximate surface area is 80.6 Å². The van der Waals surface area contributed by atoms with E-state index in [2.05, 4.69) is 20.2 Å². The summed E-state index contributed by atoms with van der Waals surface area (Å²) in [4.78, 5) is 7.91. The Hall–Kier alpha value is -1.92. The number of anilines is 1. The van der Waals surface area contributed by atoms with Gasteiger partial charge in [-0.05, 0) is 0 Å². The Morgan fingerprint density at radius 2 is 2.14 bits per heavy atom. The van der Waals surface area contributed by atoms with E-state index in [1.165, 1.54) is 0 Å². The minimum absolute atomic E-state index is 0.291. The van der Waals surface area contributed by atoms with E-state index in [0.717, 1.165) is 12.2 Å². The molecule has 0 spiro atoms. The Balaban J connectivity index is 1.94. The summed E-state index contributed by atoms with van der Waals surface area (Å²) in [5.74, 6) is 1.08. The number of nitrogens with two attached hydrogens (primary N) is 1. The first-order valence-electron chi connectivity index (χ1n) is 4.23. The molecule has 0 aromatic carbocycles. The molecule has 2 aromatic rings. The molecule has 2 N–H and O–H groups in total. The van der Waals surface area contributed by atoms with Crippen molar-refractivity contribution < 1.29 is 0 Å². The van der Waals surface area contributed by atoms with Crippen LogP contribution in [0.25, 0.3) is 0 Å². The molecule has 0 radical (unpaired) electrons. The molecule has 2 heterocycles. The lowest BCUT2D eigenvalue weighted by atomic mass is 10.4. The quantitative estimate of drug-likeness (QED) is 0.691. The number of nitrogens with zero attached hydrogens (tertiary/aromatic N) is 6. The molecule has 0 unspecified atom stereocenters. The van der Waals surface area contributed by atoms with E-state index in [-0.39, 0.29) is 0 Å². The molecule has 0 aliphatic carbocycles. The first kappa shape index (κ1) is 8.67. The molecule has 0 aliphatic heterocycles. The van der Waals surface area contributed by atoms with Crippen LogP contribution in [0, 0.1) is 0 Å². The van der Waals surface area contributed by atoms with Gasteiger partial charge in [-0.1, -0.05) is 0 Å². The molecule has 0 amide bonds. The van der Waals surface area contributed by atoms with E-state index in [1.807, 2.05) is 7.05 Å². The Morgan fingerprint density at radius 3 is 2.71 bits per heavy atom. The Morgan fingerprint density at radius 1 is 1.29 bits per heavy atom. The van der Waals surface area contributed by atoms with Gasteiger partial charge in [0.15, 0.2) is 5.82 Å². The molecule has 0 bridgehead atoms. The normalized spacial score (nSPS) is 10.6. The Bertz CT molecular complexity index is 375. The highest BCUT2D eigenvalue weighted by atomic mass is 15.4. The monoisotopic (exact) mass is 193 g/mol. The minimum atomic E-state index is 0.291. The largest absolute Gasteiger partial charge is 0.367 e. The molecular formula is C7H11N7. The second-order valence-electron chi connectivity index (χ2n) is 2.95. The van der Waals surface area contributed by atoms with Crippen LogP contribution in [0.15, 0.2) is 12.7 Å². The van der Waals surface area contributed by atoms with Crippen molar-refractivity contribution in [2.75, 3.05) is 5.73 Å². The average molecular weight is 193 g/mol. The third kappa shape index (κ3) is 1.87. The molecule has 0 atom stereocenters. The lowest BCUT2D eigenvalue weighted by Crippen LogP contribution is -2.04. The van der Waals surface area contributed by atoms with Crippen LogP contribution in [0.2, 0.25) is 0 Å². The van der Waals surface area contributed by atoms with Crippen molar-refractivity contribution in [2.24, 2.45) is 7.05 Å². The van der Waals surface area contributed by atoms with Crippen molar-refractivity contribution in [3.05, 3.63) is 18.5 Å². The lowest BCUT2D eigenvalue weighted by Gasteiger charge is -1.95. The van der Waals surface area contributed by atoms with Gasteiger partial charge in [-0.15, -0.1) is 5.10 Å². The van der Waals surface area contributed by atoms with E-state index >= 15 is 0 Å². The van der Waals surface area contributed by atoms with Crippen LogP contribution in [0.4, 0.5) is 5.95 Å². The zero-order valence-corrected chi connectivity index (χ0v) is 7.83. The van der Waals surface area contributed by atoms with Crippen LogP contribution in [0.1, 0.15) is 5.82 Å². The van der Waals surface area contributed by atoms with Gasteiger partial charge in [0.25, 0.3) is 0 Å². The van der Waals surface area contributed by atoms with E-state index in [4.69, 9.17) is 5.73 Å². The third-order valence-electron chi connectivity index (χ3n) is 1.77. The average Bonchev–Trinajstić information content (AvgIpc) is 2.72. The minimum Gasteiger partial charge on any atom is -0.367 e. The smallest absolute Gasteiger partial charge is 0.239 e. The SMILES string of the molecule is Cn1cnc(CCn2cnc(N)n2)n1. The summed E-state index contributed by atoms with van der Waals surface area (Å²) in [6, 6.07) is 0. The summed E-state index contributed by atoms with van der Waals surface area (Å²) in [5.41, 5.74) is 5.37. The van der Waals surface area contributed by atoms with Crippen LogP contribution < -0.4 is 5.73 Å². The van der Waals surface area contributed by atoms with Gasteiger partial charge in [0.1, 0.15) is 12.7 Å². The summed E-state index contributed by atoms with van der Waals surface area (Å²) in [7, 11) is 1.84. The van der Waals surface area contributed by atoms with Gasteiger partial charge in [0.05, 0.1) is 0 Å². The summed E-state index contributed by atoms with van der Waals surface area (Å²) in [6.45, 7) is 0.689. The fourth-order valence-electron chi connectivity index (χ4n) is 1.13. The van der Waals surface area contributed by atoms with E-state index in [1.54, 1.807) is 22.0 Å². The molecule has 74 valence electrons. The molecule has 2 aromatic heterocycles. The molecule has 0 saturated carbocycles. The topological polar surface area (TPSA) is 87.4 Å². The highest BCUT2D eigenvalue weighted by molar-refractivity contribution is 5.09. The van der Waals surface area contributed by atoms with E-state index < -0.39 is 0 Å². The highest BCUT2D eigenvalue weighted by Crippen LogP contribution is 1.95. The fourth-order valence-corrected chi connectivity index (χ4v) is 1.13. The van der Waals surface area contributed by atoms with Crippen molar-refractivity contribution in [3.63, 3.8) is 0 Å². The highest BCUT2D eigenvalue weighted by Gasteiger charge is 2.00. The van der Waals surface area contributed by atoms with Gasteiger partial charge in [-0.3, -0.25) is 9.36 Å². The van der Waals surface area contributed by atoms with Crippen molar-refractivity contribution in [2.45, 2.75) is 13.0 Å². The number of hydrogen-bond acceptors (Lipinski definition) is 5. The number of nitrogen functional groups attached to an aromatic ring is 1. The van der Waals surface area contributed by atoms with Gasteiger partial charge in [0.2, 0.25) is 5.95 Å². The van der Waals surface area contributed by atoms with Crippen LogP contribution >= 0.6 is 0 Å². The predicted molar refractivity (Wildman–Crippen MR) is 49.1 cm³/mol. The van der Waals surface area contributed by atoms with Crippen molar-refractivity contribution in [3.8, 4) is 0 Å². The summed E-state index contributed by atoms with van der Waals surface area (Å²) in [5, 5.41) is 8.10. The van der Waals surface area contributed by atoms with Crippen LogP contribution in [-0.4, -0.2) is 29.5 Å². The first-order chi connectivity index (χ1) is 6.74. The zero-order valence-electron chi connectivity index (χ0n) is 7.83. The predicted octanol–water partition coefficient (Wildman–Crippen LogP) is -0.769. The van der Waals surface area contributed by atoms with Crippen LogP contribution in [-0.2, 0) is 20.0 Å². The van der Waals surface area contributed by atoms with Gasteiger partial charge < -0.3 is 5.73 Å². The van der Waals surface area contributed by atoms with E-state index in [9.17, 15) is 0 Å². The van der Waals surface area contributed by atoms with Crippen molar-refractivity contribution in [1.82, 2.24) is 29.5 Å². The Kier molecular flexibility index (Phi) is 2.13. The second-order valence-corrected chi connectivity index (χ2v) is 2.95. The molecular weight excluding hydrogens is 182 g/mol. The summed E-state index contributed by atoms with van der Waals surface area (Å²) >= 11 is 0. The zero-order chi connectivity index (χ0) is 9.97. The van der Waals surface area contributed by atoms with Crippen molar-refractivity contribution in [1.29, 1.82) is 0 Å². The first-order valence-corrected chi connectivity index (χ1v) is 4.23. The summed E-state index contributed by atoms with van der Waals surface area (Å²) < 4.78 is 3.34. The maximum absolute atomic E-state index is 5.37. The molecule has 0 fully saturated rings. The van der Waals surface area contributed by atoms with Gasteiger partial charge in [-0.2, -0.15) is 5.10 Å². The second kappa shape index (κ2) is 3.44. The molecule has 14 heavy (non-hydrogen) atoms. The van der Waals surface area contributed by atoms with Gasteiger partial charge in [-0.25, -0.2) is 9.97 Å². The third-order valence-corrected chi connectivity index (χ3v) is 1.77. The van der Waals surface area contributed by atoms with Crippen LogP contribution in [0.3, 0.4) is 0 Å². The molecule has 2 rings (SSSR count). The number of hydrogen-bond donors (Lipinski definition) is 1. The van der Waals surface area contributed by atoms with Gasteiger partial charge >= 0.3 is 0 Å². The molecule has 0 aliphatic rings. The molecule has 7 nitrogen and oxygen atoms in total. The standard InChI is InChI=1S/C7H11N7/c1-13-4-9-6(11-13)2-3-14-5-10-7(8)12-14/h4-5H,2-3H2,1H3,(H2,8,12). The van der Waals surface area contributed by atoms with E-state index in [0.29, 0.717) is 12.5 Å². The number of aryl methyl sites for hydroxylation is 3. The van der Waals surface area contributed by atoms with Gasteiger partial charge in [0, 0.05) is 20.0 Å². The fraction of sp³-hybridized carbons (Fsp3) is 0.429.